The maximum absolute atomic E-state index is 5.89. The number of ether oxygens (including phenoxy) is 1. The number of methoxy groups -OCH3 is 1. The molecule has 1 aromatic heterocycles. The predicted octanol–water partition coefficient (Wildman–Crippen LogP) is 3.01. The van der Waals surface area contributed by atoms with E-state index in [4.69, 9.17) is 10.5 Å². The van der Waals surface area contributed by atoms with Gasteiger partial charge in [-0.1, -0.05) is 6.07 Å². The van der Waals surface area contributed by atoms with Crippen molar-refractivity contribution < 1.29 is 4.74 Å². The number of pyridine rings is 1. The fourth-order valence-corrected chi connectivity index (χ4v) is 2.87. The summed E-state index contributed by atoms with van der Waals surface area (Å²) < 4.78 is 5.32. The number of nitrogen functional groups attached to an aromatic ring is 1. The summed E-state index contributed by atoms with van der Waals surface area (Å²) in [5, 5.41) is 0. The van der Waals surface area contributed by atoms with Gasteiger partial charge >= 0.3 is 0 Å². The average Bonchev–Trinajstić information content (AvgIpc) is 2.98. The van der Waals surface area contributed by atoms with Gasteiger partial charge in [-0.3, -0.25) is 4.98 Å². The lowest BCUT2D eigenvalue weighted by atomic mass is 10.1. The van der Waals surface area contributed by atoms with Crippen molar-refractivity contribution in [3.05, 3.63) is 48.3 Å². The Morgan fingerprint density at radius 2 is 2.25 bits per heavy atom. The van der Waals surface area contributed by atoms with Crippen LogP contribution in [-0.4, -0.2) is 18.6 Å². The van der Waals surface area contributed by atoms with Crippen molar-refractivity contribution in [1.82, 2.24) is 4.98 Å². The van der Waals surface area contributed by atoms with Gasteiger partial charge in [0.05, 0.1) is 18.8 Å². The maximum Gasteiger partial charge on any atom is 0.143 e. The summed E-state index contributed by atoms with van der Waals surface area (Å²) in [5.41, 5.74) is 8.98. The molecule has 4 heteroatoms. The summed E-state index contributed by atoms with van der Waals surface area (Å²) in [7, 11) is 1.65. The molecule has 0 saturated carbocycles. The van der Waals surface area contributed by atoms with Gasteiger partial charge in [-0.15, -0.1) is 0 Å². The lowest BCUT2D eigenvalue weighted by Crippen LogP contribution is -2.22. The Morgan fingerprint density at radius 3 is 3.00 bits per heavy atom. The Hall–Kier alpha value is -2.23. The van der Waals surface area contributed by atoms with Gasteiger partial charge in [-0.25, -0.2) is 0 Å². The minimum absolute atomic E-state index is 0.386. The molecule has 0 amide bonds. The SMILES string of the molecule is COc1cc(N2CCCC2c2cccnc2)ccc1N. The molecule has 0 aliphatic carbocycles. The first kappa shape index (κ1) is 12.8. The van der Waals surface area contributed by atoms with E-state index in [-0.39, 0.29) is 0 Å². The van der Waals surface area contributed by atoms with Crippen LogP contribution in [0.4, 0.5) is 11.4 Å². The average molecular weight is 269 g/mol. The molecular weight excluding hydrogens is 250 g/mol. The highest BCUT2D eigenvalue weighted by Gasteiger charge is 2.26. The molecule has 1 fully saturated rings. The Morgan fingerprint density at radius 1 is 1.35 bits per heavy atom. The molecule has 20 heavy (non-hydrogen) atoms. The van der Waals surface area contributed by atoms with Crippen LogP contribution in [0.2, 0.25) is 0 Å². The van der Waals surface area contributed by atoms with Crippen LogP contribution in [-0.2, 0) is 0 Å². The fourth-order valence-electron chi connectivity index (χ4n) is 2.87. The number of hydrogen-bond acceptors (Lipinski definition) is 4. The topological polar surface area (TPSA) is 51.4 Å². The first-order valence-electron chi connectivity index (χ1n) is 6.89. The van der Waals surface area contributed by atoms with E-state index in [1.165, 1.54) is 12.0 Å². The second-order valence-corrected chi connectivity index (χ2v) is 5.06. The van der Waals surface area contributed by atoms with E-state index in [0.29, 0.717) is 11.7 Å². The standard InChI is InChI=1S/C16H19N3O/c1-20-16-10-13(6-7-14(16)17)19-9-3-5-15(19)12-4-2-8-18-11-12/h2,4,6-8,10-11,15H,3,5,9,17H2,1H3. The molecule has 2 heterocycles. The summed E-state index contributed by atoms with van der Waals surface area (Å²) >= 11 is 0. The van der Waals surface area contributed by atoms with Crippen LogP contribution < -0.4 is 15.4 Å². The van der Waals surface area contributed by atoms with Gasteiger partial charge in [0.15, 0.2) is 0 Å². The minimum Gasteiger partial charge on any atom is -0.495 e. The molecule has 2 aromatic rings. The Bertz CT molecular complexity index is 586. The molecule has 1 aliphatic heterocycles. The third-order valence-electron chi connectivity index (χ3n) is 3.87. The van der Waals surface area contributed by atoms with E-state index in [1.807, 2.05) is 30.6 Å². The molecule has 1 unspecified atom stereocenters. The summed E-state index contributed by atoms with van der Waals surface area (Å²) in [4.78, 5) is 6.64. The van der Waals surface area contributed by atoms with Crippen molar-refractivity contribution >= 4 is 11.4 Å². The second kappa shape index (κ2) is 5.41. The molecule has 0 radical (unpaired) electrons. The smallest absolute Gasteiger partial charge is 0.143 e. The first-order chi connectivity index (χ1) is 9.79. The number of anilines is 2. The van der Waals surface area contributed by atoms with Gasteiger partial charge in [0.1, 0.15) is 5.75 Å². The molecule has 1 aromatic carbocycles. The fraction of sp³-hybridized carbons (Fsp3) is 0.312. The number of nitrogens with two attached hydrogens (primary N) is 1. The number of benzene rings is 1. The quantitative estimate of drug-likeness (QED) is 0.870. The zero-order valence-corrected chi connectivity index (χ0v) is 11.6. The van der Waals surface area contributed by atoms with E-state index < -0.39 is 0 Å². The van der Waals surface area contributed by atoms with Gasteiger partial charge < -0.3 is 15.4 Å². The summed E-state index contributed by atoms with van der Waals surface area (Å²) in [6.07, 6.45) is 6.11. The maximum atomic E-state index is 5.89. The zero-order valence-electron chi connectivity index (χ0n) is 11.6. The van der Waals surface area contributed by atoms with E-state index in [0.717, 1.165) is 24.4 Å². The van der Waals surface area contributed by atoms with Crippen LogP contribution in [0.15, 0.2) is 42.7 Å². The van der Waals surface area contributed by atoms with Crippen LogP contribution in [0.1, 0.15) is 24.4 Å². The molecule has 4 nitrogen and oxygen atoms in total. The van der Waals surface area contributed by atoms with Crippen molar-refractivity contribution in [3.63, 3.8) is 0 Å². The number of rotatable bonds is 3. The molecule has 1 atom stereocenters. The van der Waals surface area contributed by atoms with Crippen molar-refractivity contribution in [3.8, 4) is 5.75 Å². The molecule has 1 saturated heterocycles. The van der Waals surface area contributed by atoms with E-state index in [2.05, 4.69) is 22.0 Å². The normalized spacial score (nSPS) is 18.2. The van der Waals surface area contributed by atoms with Crippen LogP contribution in [0.25, 0.3) is 0 Å². The first-order valence-corrected chi connectivity index (χ1v) is 6.89. The molecule has 2 N–H and O–H groups in total. The predicted molar refractivity (Wildman–Crippen MR) is 81.0 cm³/mol. The van der Waals surface area contributed by atoms with Gasteiger partial charge in [-0.05, 0) is 36.6 Å². The van der Waals surface area contributed by atoms with Crippen molar-refractivity contribution in [2.75, 3.05) is 24.3 Å². The molecule has 104 valence electrons. The van der Waals surface area contributed by atoms with Gasteiger partial charge in [0, 0.05) is 30.7 Å². The summed E-state index contributed by atoms with van der Waals surface area (Å²) in [5.74, 6) is 0.735. The Kier molecular flexibility index (Phi) is 3.46. The third-order valence-corrected chi connectivity index (χ3v) is 3.87. The van der Waals surface area contributed by atoms with E-state index >= 15 is 0 Å². The second-order valence-electron chi connectivity index (χ2n) is 5.06. The van der Waals surface area contributed by atoms with Gasteiger partial charge in [0.25, 0.3) is 0 Å². The Balaban J connectivity index is 1.93. The summed E-state index contributed by atoms with van der Waals surface area (Å²) in [6, 6.07) is 10.5. The highest BCUT2D eigenvalue weighted by Crippen LogP contribution is 2.38. The molecule has 1 aliphatic rings. The van der Waals surface area contributed by atoms with Crippen molar-refractivity contribution in [1.29, 1.82) is 0 Å². The summed E-state index contributed by atoms with van der Waals surface area (Å²) in [6.45, 7) is 1.05. The van der Waals surface area contributed by atoms with Crippen molar-refractivity contribution in [2.24, 2.45) is 0 Å². The Labute approximate surface area is 119 Å². The highest BCUT2D eigenvalue weighted by atomic mass is 16.5. The number of nitrogens with zero attached hydrogens (tertiary/aromatic N) is 2. The van der Waals surface area contributed by atoms with Crippen LogP contribution in [0, 0.1) is 0 Å². The third kappa shape index (κ3) is 2.29. The van der Waals surface area contributed by atoms with E-state index in [9.17, 15) is 0 Å². The van der Waals surface area contributed by atoms with E-state index in [1.54, 1.807) is 7.11 Å². The molecule has 0 spiro atoms. The zero-order chi connectivity index (χ0) is 13.9. The van der Waals surface area contributed by atoms with Crippen LogP contribution in [0.3, 0.4) is 0 Å². The molecule has 3 rings (SSSR count). The van der Waals surface area contributed by atoms with Gasteiger partial charge in [0.2, 0.25) is 0 Å². The monoisotopic (exact) mass is 269 g/mol. The number of aromatic nitrogens is 1. The largest absolute Gasteiger partial charge is 0.495 e. The lowest BCUT2D eigenvalue weighted by Gasteiger charge is -2.27. The lowest BCUT2D eigenvalue weighted by molar-refractivity contribution is 0.417. The highest BCUT2D eigenvalue weighted by molar-refractivity contribution is 5.63. The number of hydrogen-bond donors (Lipinski definition) is 1. The van der Waals surface area contributed by atoms with Crippen LogP contribution >= 0.6 is 0 Å². The van der Waals surface area contributed by atoms with Gasteiger partial charge in [-0.2, -0.15) is 0 Å². The molecule has 0 bridgehead atoms. The van der Waals surface area contributed by atoms with Crippen molar-refractivity contribution in [2.45, 2.75) is 18.9 Å². The van der Waals surface area contributed by atoms with Crippen LogP contribution in [0.5, 0.6) is 5.75 Å². The molecular formula is C16H19N3O. The minimum atomic E-state index is 0.386.